The number of amides is 3. The summed E-state index contributed by atoms with van der Waals surface area (Å²) in [6.45, 7) is -2.65. The van der Waals surface area contributed by atoms with Crippen molar-refractivity contribution in [3.05, 3.63) is 69.7 Å². The molecule has 0 aromatic heterocycles. The van der Waals surface area contributed by atoms with Crippen LogP contribution in [0.3, 0.4) is 0 Å². The molecule has 0 saturated carbocycles. The Hall–Kier alpha value is -3.13. The molecule has 2 aliphatic heterocycles. The highest BCUT2D eigenvalue weighted by Gasteiger charge is 2.41. The fourth-order valence-electron chi connectivity index (χ4n) is 3.50. The van der Waals surface area contributed by atoms with Crippen LogP contribution in [0.1, 0.15) is 51.8 Å². The summed E-state index contributed by atoms with van der Waals surface area (Å²) in [6.07, 6.45) is -2.85. The molecule has 1 N–H and O–H groups in total. The highest BCUT2D eigenvalue weighted by atomic mass is 35.5. The van der Waals surface area contributed by atoms with Crippen LogP contribution in [0.5, 0.6) is 0 Å². The van der Waals surface area contributed by atoms with Crippen molar-refractivity contribution < 1.29 is 33.4 Å². The standard InChI is InChI=1S/C23H19ClF2N2O4/c24-16-5-3-15(4-6-16)23(25,26)19(29)9-2-13-1-7-17-14(11-13)12-28(22(17)32)18-8-10-20(30)27-21(18)31/h1,3-7,11,18H,2,8-10,12H2,(H,27,30,31)/i2D,11D,12D2. The Morgan fingerprint density at radius 3 is 2.66 bits per heavy atom. The van der Waals surface area contributed by atoms with Gasteiger partial charge in [0, 0.05) is 36.9 Å². The lowest BCUT2D eigenvalue weighted by Crippen LogP contribution is -2.52. The molecule has 166 valence electrons. The van der Waals surface area contributed by atoms with E-state index in [1.807, 2.05) is 0 Å². The van der Waals surface area contributed by atoms with Crippen molar-refractivity contribution in [2.24, 2.45) is 0 Å². The van der Waals surface area contributed by atoms with Gasteiger partial charge in [0.05, 0.1) is 4.11 Å². The summed E-state index contributed by atoms with van der Waals surface area (Å²) in [4.78, 5) is 49.8. The highest BCUT2D eigenvalue weighted by molar-refractivity contribution is 6.30. The molecular weight excluding hydrogens is 442 g/mol. The van der Waals surface area contributed by atoms with Gasteiger partial charge in [0.25, 0.3) is 5.91 Å². The highest BCUT2D eigenvalue weighted by Crippen LogP contribution is 2.32. The van der Waals surface area contributed by atoms with Crippen LogP contribution >= 0.6 is 11.6 Å². The maximum atomic E-state index is 14.7. The number of aryl methyl sites for hydroxylation is 1. The Morgan fingerprint density at radius 2 is 1.97 bits per heavy atom. The second kappa shape index (κ2) is 8.43. The molecule has 3 amide bonds. The molecular formula is C23H19ClF2N2O4. The van der Waals surface area contributed by atoms with E-state index in [1.54, 1.807) is 0 Å². The van der Waals surface area contributed by atoms with Gasteiger partial charge in [-0.3, -0.25) is 24.5 Å². The van der Waals surface area contributed by atoms with E-state index in [1.165, 1.54) is 12.1 Å². The van der Waals surface area contributed by atoms with E-state index in [0.717, 1.165) is 24.3 Å². The third kappa shape index (κ3) is 4.14. The first-order valence-electron chi connectivity index (χ1n) is 11.7. The zero-order valence-corrected chi connectivity index (χ0v) is 17.2. The number of ketones is 1. The zero-order chi connectivity index (χ0) is 26.6. The van der Waals surface area contributed by atoms with Crippen molar-refractivity contribution in [3.8, 4) is 0 Å². The number of carbonyl (C=O) groups is 4. The smallest absolute Gasteiger partial charge is 0.322 e. The second-order valence-corrected chi connectivity index (χ2v) is 7.81. The van der Waals surface area contributed by atoms with Crippen LogP contribution in [0.15, 0.2) is 42.4 Å². The van der Waals surface area contributed by atoms with Gasteiger partial charge in [-0.15, -0.1) is 0 Å². The van der Waals surface area contributed by atoms with Gasteiger partial charge in [-0.2, -0.15) is 8.78 Å². The number of imide groups is 1. The van der Waals surface area contributed by atoms with Gasteiger partial charge in [-0.1, -0.05) is 35.8 Å². The van der Waals surface area contributed by atoms with E-state index in [9.17, 15) is 28.0 Å². The van der Waals surface area contributed by atoms with E-state index in [2.05, 4.69) is 5.32 Å². The number of nitrogens with zero attached hydrogens (tertiary/aromatic N) is 1. The van der Waals surface area contributed by atoms with Crippen LogP contribution in [0, 0.1) is 0 Å². The molecule has 2 aromatic rings. The third-order valence-corrected chi connectivity index (χ3v) is 5.49. The normalized spacial score (nSPS) is 22.9. The first kappa shape index (κ1) is 17.4. The molecule has 9 heteroatoms. The molecule has 1 saturated heterocycles. The summed E-state index contributed by atoms with van der Waals surface area (Å²) in [6, 6.07) is 4.79. The second-order valence-electron chi connectivity index (χ2n) is 7.37. The van der Waals surface area contributed by atoms with Crippen LogP contribution in [0.2, 0.25) is 5.02 Å². The number of carbonyl (C=O) groups excluding carboxylic acids is 4. The van der Waals surface area contributed by atoms with Gasteiger partial charge in [-0.05, 0) is 42.1 Å². The summed E-state index contributed by atoms with van der Waals surface area (Å²) >= 11 is 5.70. The molecule has 32 heavy (non-hydrogen) atoms. The number of nitrogens with one attached hydrogen (secondary N) is 1. The lowest BCUT2D eigenvalue weighted by atomic mass is 9.97. The van der Waals surface area contributed by atoms with Crippen molar-refractivity contribution >= 4 is 35.1 Å². The molecule has 0 aliphatic carbocycles. The first-order chi connectivity index (χ1) is 16.8. The van der Waals surface area contributed by atoms with E-state index >= 15 is 0 Å². The number of piperidine rings is 1. The number of benzene rings is 2. The zero-order valence-electron chi connectivity index (χ0n) is 20.5. The summed E-state index contributed by atoms with van der Waals surface area (Å²) in [5, 5.41) is 2.26. The molecule has 1 fully saturated rings. The molecule has 0 radical (unpaired) electrons. The largest absolute Gasteiger partial charge is 0.330 e. The summed E-state index contributed by atoms with van der Waals surface area (Å²) < 4.78 is 63.1. The van der Waals surface area contributed by atoms with E-state index in [4.69, 9.17) is 17.1 Å². The van der Waals surface area contributed by atoms with E-state index in [-0.39, 0.29) is 29.0 Å². The Kier molecular flexibility index (Phi) is 4.59. The van der Waals surface area contributed by atoms with Gasteiger partial charge in [0.1, 0.15) is 6.04 Å². The van der Waals surface area contributed by atoms with E-state index in [0.29, 0.717) is 4.90 Å². The van der Waals surface area contributed by atoms with Crippen LogP contribution < -0.4 is 5.32 Å². The minimum Gasteiger partial charge on any atom is -0.322 e. The topological polar surface area (TPSA) is 83.6 Å². The van der Waals surface area contributed by atoms with Crippen molar-refractivity contribution in [1.82, 2.24) is 10.2 Å². The van der Waals surface area contributed by atoms with Crippen molar-refractivity contribution in [2.45, 2.75) is 44.1 Å². The maximum absolute atomic E-state index is 14.7. The van der Waals surface area contributed by atoms with Crippen molar-refractivity contribution in [1.29, 1.82) is 0 Å². The monoisotopic (exact) mass is 464 g/mol. The van der Waals surface area contributed by atoms with Gasteiger partial charge in [0.15, 0.2) is 0 Å². The molecule has 0 bridgehead atoms. The van der Waals surface area contributed by atoms with Crippen LogP contribution in [0.25, 0.3) is 0 Å². The van der Waals surface area contributed by atoms with Crippen LogP contribution in [-0.2, 0) is 33.2 Å². The van der Waals surface area contributed by atoms with Gasteiger partial charge in [-0.25, -0.2) is 0 Å². The number of Topliss-reactive ketones (excluding diaryl/α,β-unsaturated/α-hetero) is 1. The molecule has 2 unspecified atom stereocenters. The van der Waals surface area contributed by atoms with E-state index < -0.39 is 72.0 Å². The Morgan fingerprint density at radius 1 is 1.25 bits per heavy atom. The molecule has 2 aliphatic rings. The van der Waals surface area contributed by atoms with Gasteiger partial charge < -0.3 is 4.90 Å². The van der Waals surface area contributed by atoms with Gasteiger partial charge in [0.2, 0.25) is 17.6 Å². The number of fused-ring (bicyclic) bond motifs is 1. The molecule has 0 spiro atoms. The summed E-state index contributed by atoms with van der Waals surface area (Å²) in [5.74, 6) is -7.78. The first-order valence-corrected chi connectivity index (χ1v) is 10.0. The predicted molar refractivity (Wildman–Crippen MR) is 111 cm³/mol. The van der Waals surface area contributed by atoms with Gasteiger partial charge >= 0.3 is 5.92 Å². The lowest BCUT2D eigenvalue weighted by molar-refractivity contribution is -0.144. The Balaban J connectivity index is 1.62. The van der Waals surface area contributed by atoms with Crippen molar-refractivity contribution in [2.75, 3.05) is 0 Å². The minimum absolute atomic E-state index is 0.107. The SMILES string of the molecule is [2H]c1c(C([2H])CC(=O)C(F)(F)c2ccc(Cl)cc2)ccc2c1C([2H])([2H])N(C1CCC(=O)NC1=O)C2=O. The average Bonchev–Trinajstić information content (AvgIpc) is 3.00. The average molecular weight is 465 g/mol. The van der Waals surface area contributed by atoms with Crippen molar-refractivity contribution in [3.63, 3.8) is 0 Å². The number of rotatable bonds is 6. The summed E-state index contributed by atoms with van der Waals surface area (Å²) in [7, 11) is 0. The van der Waals surface area contributed by atoms with Crippen LogP contribution in [-0.4, -0.2) is 34.4 Å². The van der Waals surface area contributed by atoms with Crippen LogP contribution in [0.4, 0.5) is 8.78 Å². The molecule has 2 heterocycles. The summed E-state index contributed by atoms with van der Waals surface area (Å²) in [5.41, 5.74) is -1.48. The number of alkyl halides is 2. The Labute approximate surface area is 193 Å². The fourth-order valence-corrected chi connectivity index (χ4v) is 3.62. The lowest BCUT2D eigenvalue weighted by Gasteiger charge is -2.29. The molecule has 2 aromatic carbocycles. The number of hydrogen-bond acceptors (Lipinski definition) is 4. The molecule has 2 atom stereocenters. The number of hydrogen-bond donors (Lipinski definition) is 1. The number of halogens is 3. The fraction of sp³-hybridized carbons (Fsp3) is 0.304. The predicted octanol–water partition coefficient (Wildman–Crippen LogP) is 3.39. The third-order valence-electron chi connectivity index (χ3n) is 5.24. The maximum Gasteiger partial charge on any atom is 0.330 e. The Bertz CT molecular complexity index is 1290. The molecule has 6 nitrogen and oxygen atoms in total. The molecule has 4 rings (SSSR count). The quantitative estimate of drug-likeness (QED) is 0.664. The minimum atomic E-state index is -3.92.